The van der Waals surface area contributed by atoms with Gasteiger partial charge >= 0.3 is 0 Å². The summed E-state index contributed by atoms with van der Waals surface area (Å²) in [6, 6.07) is 10.4. The molecule has 30 heavy (non-hydrogen) atoms. The Morgan fingerprint density at radius 3 is 2.67 bits per heavy atom. The van der Waals surface area contributed by atoms with Crippen LogP contribution in [0.4, 0.5) is 15.2 Å². The molecular weight excluding hydrogens is 431 g/mol. The molecule has 0 saturated heterocycles. The number of anilines is 2. The van der Waals surface area contributed by atoms with E-state index in [1.807, 2.05) is 0 Å². The molecule has 3 rings (SSSR count). The van der Waals surface area contributed by atoms with Crippen molar-refractivity contribution in [2.75, 3.05) is 30.6 Å². The summed E-state index contributed by atoms with van der Waals surface area (Å²) in [5.41, 5.74) is 0.661. The largest absolute Gasteiger partial charge is 0.497 e. The summed E-state index contributed by atoms with van der Waals surface area (Å²) >= 11 is 2.28. The number of carbonyl (C=O) groups excluding carboxylic acids is 2. The zero-order valence-corrected chi connectivity index (χ0v) is 17.6. The monoisotopic (exact) mass is 448 g/mol. The summed E-state index contributed by atoms with van der Waals surface area (Å²) in [6.45, 7) is 0. The van der Waals surface area contributed by atoms with E-state index in [0.717, 1.165) is 17.4 Å². The fourth-order valence-electron chi connectivity index (χ4n) is 2.34. The lowest BCUT2D eigenvalue weighted by Crippen LogP contribution is -2.14. The molecule has 0 saturated carbocycles. The van der Waals surface area contributed by atoms with Crippen molar-refractivity contribution in [2.45, 2.75) is 4.34 Å². The lowest BCUT2D eigenvalue weighted by molar-refractivity contribution is -0.113. The molecule has 0 bridgehead atoms. The van der Waals surface area contributed by atoms with Crippen molar-refractivity contribution in [3.05, 3.63) is 53.8 Å². The first-order valence-electron chi connectivity index (χ1n) is 8.53. The van der Waals surface area contributed by atoms with Crippen LogP contribution in [-0.4, -0.2) is 42.0 Å². The Morgan fingerprint density at radius 1 is 1.10 bits per heavy atom. The number of ether oxygens (including phenoxy) is 2. The SMILES string of the molecule is COc1ccc(OC)c(NC(=O)CSc2nnc(NC(=O)c3cccc(F)c3)s2)c1. The lowest BCUT2D eigenvalue weighted by Gasteiger charge is -2.11. The first-order valence-corrected chi connectivity index (χ1v) is 10.3. The summed E-state index contributed by atoms with van der Waals surface area (Å²) in [5.74, 6) is -0.103. The Bertz CT molecular complexity index is 1060. The molecule has 11 heteroatoms. The predicted molar refractivity (Wildman–Crippen MR) is 113 cm³/mol. The molecule has 0 radical (unpaired) electrons. The van der Waals surface area contributed by atoms with E-state index in [1.165, 1.54) is 44.2 Å². The molecule has 0 unspecified atom stereocenters. The van der Waals surface area contributed by atoms with Crippen molar-refractivity contribution in [1.29, 1.82) is 0 Å². The van der Waals surface area contributed by atoms with Gasteiger partial charge in [0.25, 0.3) is 5.91 Å². The van der Waals surface area contributed by atoms with Crippen LogP contribution in [0.15, 0.2) is 46.8 Å². The maximum absolute atomic E-state index is 13.2. The van der Waals surface area contributed by atoms with Gasteiger partial charge in [-0.25, -0.2) is 4.39 Å². The van der Waals surface area contributed by atoms with Crippen LogP contribution in [0.3, 0.4) is 0 Å². The van der Waals surface area contributed by atoms with Crippen LogP contribution in [0.1, 0.15) is 10.4 Å². The van der Waals surface area contributed by atoms with Crippen LogP contribution in [-0.2, 0) is 4.79 Å². The Labute approximate surface area is 179 Å². The highest BCUT2D eigenvalue weighted by Crippen LogP contribution is 2.30. The molecule has 1 aromatic heterocycles. The van der Waals surface area contributed by atoms with Crippen LogP contribution < -0.4 is 20.1 Å². The van der Waals surface area contributed by atoms with Crippen molar-refractivity contribution in [3.63, 3.8) is 0 Å². The average molecular weight is 449 g/mol. The van der Waals surface area contributed by atoms with Gasteiger partial charge in [-0.3, -0.25) is 14.9 Å². The molecule has 8 nitrogen and oxygen atoms in total. The van der Waals surface area contributed by atoms with Gasteiger partial charge in [0.15, 0.2) is 4.34 Å². The fraction of sp³-hybridized carbons (Fsp3) is 0.158. The third-order valence-corrected chi connectivity index (χ3v) is 5.69. The number of nitrogens with one attached hydrogen (secondary N) is 2. The van der Waals surface area contributed by atoms with Gasteiger partial charge in [0.1, 0.15) is 17.3 Å². The molecule has 3 aromatic rings. The number of methoxy groups -OCH3 is 2. The van der Waals surface area contributed by atoms with Gasteiger partial charge in [0, 0.05) is 11.6 Å². The van der Waals surface area contributed by atoms with Crippen LogP contribution in [0.5, 0.6) is 11.5 Å². The smallest absolute Gasteiger partial charge is 0.257 e. The Hall–Kier alpha value is -3.18. The molecule has 0 atom stereocenters. The first-order chi connectivity index (χ1) is 14.5. The molecule has 0 spiro atoms. The van der Waals surface area contributed by atoms with E-state index in [2.05, 4.69) is 20.8 Å². The molecule has 2 aromatic carbocycles. The zero-order chi connectivity index (χ0) is 21.5. The van der Waals surface area contributed by atoms with Gasteiger partial charge in [0.05, 0.1) is 25.7 Å². The molecule has 2 amide bonds. The lowest BCUT2D eigenvalue weighted by atomic mass is 10.2. The minimum Gasteiger partial charge on any atom is -0.497 e. The van der Waals surface area contributed by atoms with Gasteiger partial charge in [-0.2, -0.15) is 0 Å². The summed E-state index contributed by atoms with van der Waals surface area (Å²) in [7, 11) is 3.04. The number of aromatic nitrogens is 2. The van der Waals surface area contributed by atoms with E-state index < -0.39 is 11.7 Å². The van der Waals surface area contributed by atoms with Crippen molar-refractivity contribution in [3.8, 4) is 11.5 Å². The second-order valence-electron chi connectivity index (χ2n) is 5.74. The number of nitrogens with zero attached hydrogens (tertiary/aromatic N) is 2. The third kappa shape index (κ3) is 5.67. The van der Waals surface area contributed by atoms with Crippen molar-refractivity contribution >= 4 is 45.7 Å². The van der Waals surface area contributed by atoms with E-state index in [1.54, 1.807) is 18.2 Å². The number of amides is 2. The number of rotatable bonds is 8. The highest BCUT2D eigenvalue weighted by molar-refractivity contribution is 8.01. The number of benzene rings is 2. The maximum atomic E-state index is 13.2. The fourth-order valence-corrected chi connectivity index (χ4v) is 3.89. The molecular formula is C19H17FN4O4S2. The molecule has 1 heterocycles. The van der Waals surface area contributed by atoms with Gasteiger partial charge in [-0.1, -0.05) is 29.2 Å². The molecule has 156 valence electrons. The molecule has 0 aliphatic carbocycles. The minimum atomic E-state index is -0.505. The average Bonchev–Trinajstić information content (AvgIpc) is 3.19. The van der Waals surface area contributed by atoms with E-state index >= 15 is 0 Å². The first kappa shape index (κ1) is 21.5. The molecule has 0 aliphatic rings. The van der Waals surface area contributed by atoms with Gasteiger partial charge in [0.2, 0.25) is 11.0 Å². The maximum Gasteiger partial charge on any atom is 0.257 e. The van der Waals surface area contributed by atoms with Crippen LogP contribution in [0.2, 0.25) is 0 Å². The normalized spacial score (nSPS) is 10.4. The zero-order valence-electron chi connectivity index (χ0n) is 16.0. The van der Waals surface area contributed by atoms with E-state index in [-0.39, 0.29) is 22.4 Å². The minimum absolute atomic E-state index is 0.0762. The number of hydrogen-bond acceptors (Lipinski definition) is 8. The summed E-state index contributed by atoms with van der Waals surface area (Å²) in [4.78, 5) is 24.4. The van der Waals surface area contributed by atoms with E-state index in [0.29, 0.717) is 21.5 Å². The van der Waals surface area contributed by atoms with Crippen molar-refractivity contribution in [2.24, 2.45) is 0 Å². The summed E-state index contributed by atoms with van der Waals surface area (Å²) in [6.07, 6.45) is 0. The molecule has 2 N–H and O–H groups in total. The molecule has 0 fully saturated rings. The third-order valence-electron chi connectivity index (χ3n) is 3.72. The number of hydrogen-bond donors (Lipinski definition) is 2. The predicted octanol–water partition coefficient (Wildman–Crippen LogP) is 3.68. The second-order valence-corrected chi connectivity index (χ2v) is 7.94. The van der Waals surface area contributed by atoms with Crippen molar-refractivity contribution < 1.29 is 23.5 Å². The van der Waals surface area contributed by atoms with Gasteiger partial charge < -0.3 is 14.8 Å². The molecule has 0 aliphatic heterocycles. The van der Waals surface area contributed by atoms with Crippen molar-refractivity contribution in [1.82, 2.24) is 10.2 Å². The number of thioether (sulfide) groups is 1. The number of halogens is 1. The van der Waals surface area contributed by atoms with Gasteiger partial charge in [-0.15, -0.1) is 10.2 Å². The van der Waals surface area contributed by atoms with E-state index in [4.69, 9.17) is 9.47 Å². The highest BCUT2D eigenvalue weighted by atomic mass is 32.2. The van der Waals surface area contributed by atoms with Crippen LogP contribution >= 0.6 is 23.1 Å². The Kier molecular flexibility index (Phi) is 7.20. The summed E-state index contributed by atoms with van der Waals surface area (Å²) in [5, 5.41) is 13.4. The standard InChI is InChI=1S/C19H17FN4O4S2/c1-27-13-6-7-15(28-2)14(9-13)21-16(25)10-29-19-24-23-18(30-19)22-17(26)11-4-3-5-12(20)8-11/h3-9H,10H2,1-2H3,(H,21,25)(H,22,23,26). The second kappa shape index (κ2) is 10.0. The highest BCUT2D eigenvalue weighted by Gasteiger charge is 2.14. The Morgan fingerprint density at radius 2 is 1.93 bits per heavy atom. The summed E-state index contributed by atoms with van der Waals surface area (Å²) < 4.78 is 24.1. The number of carbonyl (C=O) groups is 2. The quantitative estimate of drug-likeness (QED) is 0.400. The van der Waals surface area contributed by atoms with Crippen LogP contribution in [0.25, 0.3) is 0 Å². The topological polar surface area (TPSA) is 102 Å². The Balaban J connectivity index is 1.55. The van der Waals surface area contributed by atoms with E-state index in [9.17, 15) is 14.0 Å². The van der Waals surface area contributed by atoms with Crippen LogP contribution in [0, 0.1) is 5.82 Å². The van der Waals surface area contributed by atoms with Gasteiger partial charge in [-0.05, 0) is 30.3 Å².